The van der Waals surface area contributed by atoms with Crippen LogP contribution in [0.3, 0.4) is 0 Å². The molecule has 1 N–H and O–H groups in total. The Balaban J connectivity index is 2.35. The quantitative estimate of drug-likeness (QED) is 0.594. The number of ether oxygens (including phenoxy) is 1. The summed E-state index contributed by atoms with van der Waals surface area (Å²) in [4.78, 5) is 0. The SMILES string of the molecule is CCCNC1CCC(CCC)CC1CCCCOC. The van der Waals surface area contributed by atoms with Crippen molar-refractivity contribution >= 4 is 0 Å². The lowest BCUT2D eigenvalue weighted by atomic mass is 9.74. The van der Waals surface area contributed by atoms with E-state index in [0.29, 0.717) is 0 Å². The van der Waals surface area contributed by atoms with E-state index in [4.69, 9.17) is 4.74 Å². The Morgan fingerprint density at radius 1 is 1.05 bits per heavy atom. The Morgan fingerprint density at radius 3 is 2.58 bits per heavy atom. The number of methoxy groups -OCH3 is 1. The second kappa shape index (κ2) is 10.7. The van der Waals surface area contributed by atoms with Crippen molar-refractivity contribution in [2.45, 2.75) is 77.7 Å². The highest BCUT2D eigenvalue weighted by Gasteiger charge is 2.29. The van der Waals surface area contributed by atoms with Gasteiger partial charge in [-0.25, -0.2) is 0 Å². The summed E-state index contributed by atoms with van der Waals surface area (Å²) in [6.07, 6.45) is 12.3. The van der Waals surface area contributed by atoms with Crippen molar-refractivity contribution in [2.24, 2.45) is 11.8 Å². The van der Waals surface area contributed by atoms with E-state index in [1.807, 2.05) is 7.11 Å². The van der Waals surface area contributed by atoms with E-state index < -0.39 is 0 Å². The van der Waals surface area contributed by atoms with Gasteiger partial charge in [-0.1, -0.05) is 33.1 Å². The second-order valence-electron chi connectivity index (χ2n) is 6.28. The van der Waals surface area contributed by atoms with Crippen molar-refractivity contribution in [3.63, 3.8) is 0 Å². The standard InChI is InChI=1S/C17H35NO/c1-4-8-15-10-11-17(18-12-5-2)16(14-15)9-6-7-13-19-3/h15-18H,4-14H2,1-3H3. The summed E-state index contributed by atoms with van der Waals surface area (Å²) >= 11 is 0. The maximum atomic E-state index is 5.17. The Bertz CT molecular complexity index is 207. The second-order valence-corrected chi connectivity index (χ2v) is 6.28. The lowest BCUT2D eigenvalue weighted by Gasteiger charge is -2.37. The molecule has 0 saturated heterocycles. The zero-order chi connectivity index (χ0) is 13.9. The molecule has 0 aromatic heterocycles. The maximum absolute atomic E-state index is 5.17. The van der Waals surface area contributed by atoms with Gasteiger partial charge < -0.3 is 10.1 Å². The van der Waals surface area contributed by atoms with Crippen molar-refractivity contribution in [3.8, 4) is 0 Å². The first kappa shape index (κ1) is 17.0. The molecule has 0 heterocycles. The smallest absolute Gasteiger partial charge is 0.0462 e. The predicted molar refractivity (Wildman–Crippen MR) is 83.5 cm³/mol. The van der Waals surface area contributed by atoms with Crippen molar-refractivity contribution in [3.05, 3.63) is 0 Å². The molecule has 1 aliphatic rings. The first-order valence-corrected chi connectivity index (χ1v) is 8.54. The highest BCUT2D eigenvalue weighted by molar-refractivity contribution is 4.84. The van der Waals surface area contributed by atoms with Crippen LogP contribution in [0.25, 0.3) is 0 Å². The van der Waals surface area contributed by atoms with Crippen molar-refractivity contribution < 1.29 is 4.74 Å². The molecule has 0 aromatic carbocycles. The van der Waals surface area contributed by atoms with Gasteiger partial charge in [0, 0.05) is 19.8 Å². The molecule has 3 unspecified atom stereocenters. The molecule has 1 saturated carbocycles. The fraction of sp³-hybridized carbons (Fsp3) is 1.00. The zero-order valence-electron chi connectivity index (χ0n) is 13.4. The third-order valence-electron chi connectivity index (χ3n) is 4.62. The molecule has 1 fully saturated rings. The molecule has 1 aliphatic carbocycles. The number of hydrogen-bond acceptors (Lipinski definition) is 2. The van der Waals surface area contributed by atoms with Crippen LogP contribution in [0.1, 0.15) is 71.6 Å². The number of hydrogen-bond donors (Lipinski definition) is 1. The summed E-state index contributed by atoms with van der Waals surface area (Å²) in [5.74, 6) is 1.91. The van der Waals surface area contributed by atoms with E-state index >= 15 is 0 Å². The van der Waals surface area contributed by atoms with Gasteiger partial charge in [0.1, 0.15) is 0 Å². The van der Waals surface area contributed by atoms with Gasteiger partial charge in [0.2, 0.25) is 0 Å². The third-order valence-corrected chi connectivity index (χ3v) is 4.62. The molecular weight excluding hydrogens is 234 g/mol. The van der Waals surface area contributed by atoms with E-state index in [1.54, 1.807) is 0 Å². The minimum absolute atomic E-state index is 0.788. The molecule has 19 heavy (non-hydrogen) atoms. The van der Waals surface area contributed by atoms with Crippen LogP contribution >= 0.6 is 0 Å². The fourth-order valence-corrected chi connectivity index (χ4v) is 3.60. The van der Waals surface area contributed by atoms with Crippen LogP contribution in [0.5, 0.6) is 0 Å². The molecule has 114 valence electrons. The molecule has 1 rings (SSSR count). The lowest BCUT2D eigenvalue weighted by Crippen LogP contribution is -2.41. The zero-order valence-corrected chi connectivity index (χ0v) is 13.4. The summed E-state index contributed by atoms with van der Waals surface area (Å²) in [6.45, 7) is 6.72. The Morgan fingerprint density at radius 2 is 1.89 bits per heavy atom. The van der Waals surface area contributed by atoms with Crippen molar-refractivity contribution in [1.82, 2.24) is 5.32 Å². The molecule has 0 aromatic rings. The van der Waals surface area contributed by atoms with Gasteiger partial charge in [-0.3, -0.25) is 0 Å². The van der Waals surface area contributed by atoms with E-state index in [1.165, 1.54) is 64.3 Å². The highest BCUT2D eigenvalue weighted by Crippen LogP contribution is 2.35. The normalized spacial score (nSPS) is 27.6. The van der Waals surface area contributed by atoms with Crippen LogP contribution in [-0.4, -0.2) is 26.3 Å². The molecule has 2 nitrogen and oxygen atoms in total. The van der Waals surface area contributed by atoms with E-state index in [2.05, 4.69) is 19.2 Å². The van der Waals surface area contributed by atoms with Gasteiger partial charge in [-0.05, 0) is 56.9 Å². The van der Waals surface area contributed by atoms with Crippen LogP contribution < -0.4 is 5.32 Å². The monoisotopic (exact) mass is 269 g/mol. The first-order valence-electron chi connectivity index (χ1n) is 8.54. The third kappa shape index (κ3) is 6.76. The van der Waals surface area contributed by atoms with Gasteiger partial charge in [0.15, 0.2) is 0 Å². The predicted octanol–water partition coefficient (Wildman–Crippen LogP) is 4.39. The molecular formula is C17H35NO. The topological polar surface area (TPSA) is 21.3 Å². The van der Waals surface area contributed by atoms with Crippen LogP contribution in [-0.2, 0) is 4.74 Å². The number of nitrogens with one attached hydrogen (secondary N) is 1. The highest BCUT2D eigenvalue weighted by atomic mass is 16.5. The van der Waals surface area contributed by atoms with Crippen molar-refractivity contribution in [2.75, 3.05) is 20.3 Å². The van der Waals surface area contributed by atoms with Crippen LogP contribution in [0.15, 0.2) is 0 Å². The van der Waals surface area contributed by atoms with E-state index in [-0.39, 0.29) is 0 Å². The van der Waals surface area contributed by atoms with Crippen LogP contribution in [0, 0.1) is 11.8 Å². The summed E-state index contributed by atoms with van der Waals surface area (Å²) in [5.41, 5.74) is 0. The fourth-order valence-electron chi connectivity index (χ4n) is 3.60. The van der Waals surface area contributed by atoms with Gasteiger partial charge >= 0.3 is 0 Å². The van der Waals surface area contributed by atoms with Gasteiger partial charge in [0.25, 0.3) is 0 Å². The Kier molecular flexibility index (Phi) is 9.54. The summed E-state index contributed by atoms with van der Waals surface area (Å²) < 4.78 is 5.17. The Labute approximate surface area is 120 Å². The molecule has 0 aliphatic heterocycles. The summed E-state index contributed by atoms with van der Waals surface area (Å²) in [7, 11) is 1.81. The minimum atomic E-state index is 0.788. The molecule has 0 bridgehead atoms. The molecule has 0 radical (unpaired) electrons. The van der Waals surface area contributed by atoms with Crippen molar-refractivity contribution in [1.29, 1.82) is 0 Å². The maximum Gasteiger partial charge on any atom is 0.0462 e. The molecule has 0 amide bonds. The minimum Gasteiger partial charge on any atom is -0.385 e. The molecule has 2 heteroatoms. The Hall–Kier alpha value is -0.0800. The van der Waals surface area contributed by atoms with E-state index in [9.17, 15) is 0 Å². The number of unbranched alkanes of at least 4 members (excludes halogenated alkanes) is 1. The lowest BCUT2D eigenvalue weighted by molar-refractivity contribution is 0.166. The average Bonchev–Trinajstić information content (AvgIpc) is 2.43. The van der Waals surface area contributed by atoms with Crippen LogP contribution in [0.2, 0.25) is 0 Å². The van der Waals surface area contributed by atoms with Crippen LogP contribution in [0.4, 0.5) is 0 Å². The van der Waals surface area contributed by atoms with Gasteiger partial charge in [-0.15, -0.1) is 0 Å². The largest absolute Gasteiger partial charge is 0.385 e. The first-order chi connectivity index (χ1) is 9.31. The molecule has 3 atom stereocenters. The average molecular weight is 269 g/mol. The molecule has 0 spiro atoms. The van der Waals surface area contributed by atoms with Gasteiger partial charge in [-0.2, -0.15) is 0 Å². The van der Waals surface area contributed by atoms with E-state index in [0.717, 1.165) is 24.5 Å². The summed E-state index contributed by atoms with van der Waals surface area (Å²) in [5, 5.41) is 3.79. The number of rotatable bonds is 10. The summed E-state index contributed by atoms with van der Waals surface area (Å²) in [6, 6.07) is 0.788. The van der Waals surface area contributed by atoms with Gasteiger partial charge in [0.05, 0.1) is 0 Å².